The van der Waals surface area contributed by atoms with Crippen molar-refractivity contribution in [2.75, 3.05) is 19.7 Å². The van der Waals surface area contributed by atoms with E-state index < -0.39 is 0 Å². The average Bonchev–Trinajstić information content (AvgIpc) is 2.66. The van der Waals surface area contributed by atoms with Crippen LogP contribution >= 0.6 is 0 Å². The standard InChI is InChI=1S/C13H25NO2/c1-10(2)8-14(9-11(3)4)13(15)12-6-5-7-16-12/h10-12H,5-9H2,1-4H3/t12-/m1/s1. The average molecular weight is 227 g/mol. The van der Waals surface area contributed by atoms with Crippen LogP contribution < -0.4 is 0 Å². The molecule has 1 atom stereocenters. The van der Waals surface area contributed by atoms with E-state index in [1.807, 2.05) is 4.90 Å². The van der Waals surface area contributed by atoms with E-state index in [9.17, 15) is 4.79 Å². The van der Waals surface area contributed by atoms with Crippen LogP contribution in [0.4, 0.5) is 0 Å². The van der Waals surface area contributed by atoms with E-state index in [2.05, 4.69) is 27.7 Å². The van der Waals surface area contributed by atoms with Crippen molar-refractivity contribution in [3.05, 3.63) is 0 Å². The second-order valence-electron chi connectivity index (χ2n) is 5.53. The summed E-state index contributed by atoms with van der Waals surface area (Å²) in [4.78, 5) is 14.2. The van der Waals surface area contributed by atoms with Gasteiger partial charge in [0, 0.05) is 19.7 Å². The van der Waals surface area contributed by atoms with Crippen molar-refractivity contribution in [1.29, 1.82) is 0 Å². The molecule has 3 nitrogen and oxygen atoms in total. The first-order chi connectivity index (χ1) is 7.50. The molecule has 0 saturated carbocycles. The van der Waals surface area contributed by atoms with Crippen LogP contribution in [0.15, 0.2) is 0 Å². The van der Waals surface area contributed by atoms with Crippen molar-refractivity contribution in [3.63, 3.8) is 0 Å². The summed E-state index contributed by atoms with van der Waals surface area (Å²) >= 11 is 0. The predicted octanol–water partition coefficient (Wildman–Crippen LogP) is 2.31. The summed E-state index contributed by atoms with van der Waals surface area (Å²) in [5, 5.41) is 0. The van der Waals surface area contributed by atoms with Crippen molar-refractivity contribution >= 4 is 5.91 Å². The Kier molecular flexibility index (Phi) is 5.26. The van der Waals surface area contributed by atoms with Crippen LogP contribution in [-0.4, -0.2) is 36.6 Å². The fraction of sp³-hybridized carbons (Fsp3) is 0.923. The molecule has 1 amide bonds. The van der Waals surface area contributed by atoms with Crippen molar-refractivity contribution in [1.82, 2.24) is 4.90 Å². The highest BCUT2D eigenvalue weighted by atomic mass is 16.5. The van der Waals surface area contributed by atoms with Gasteiger partial charge < -0.3 is 9.64 Å². The first-order valence-corrected chi connectivity index (χ1v) is 6.41. The molecule has 0 radical (unpaired) electrons. The summed E-state index contributed by atoms with van der Waals surface area (Å²) in [5.41, 5.74) is 0. The second kappa shape index (κ2) is 6.24. The van der Waals surface area contributed by atoms with E-state index in [-0.39, 0.29) is 12.0 Å². The molecule has 1 heterocycles. The van der Waals surface area contributed by atoms with Crippen LogP contribution in [0.5, 0.6) is 0 Å². The third-order valence-corrected chi connectivity index (χ3v) is 2.69. The van der Waals surface area contributed by atoms with Crippen LogP contribution in [0.2, 0.25) is 0 Å². The fourth-order valence-electron chi connectivity index (χ4n) is 2.11. The van der Waals surface area contributed by atoms with Gasteiger partial charge in [0.2, 0.25) is 0 Å². The molecule has 0 unspecified atom stereocenters. The van der Waals surface area contributed by atoms with Gasteiger partial charge in [-0.15, -0.1) is 0 Å². The topological polar surface area (TPSA) is 29.5 Å². The number of nitrogens with zero attached hydrogens (tertiary/aromatic N) is 1. The largest absolute Gasteiger partial charge is 0.368 e. The Morgan fingerprint density at radius 2 is 1.81 bits per heavy atom. The number of rotatable bonds is 5. The van der Waals surface area contributed by atoms with E-state index in [4.69, 9.17) is 4.74 Å². The highest BCUT2D eigenvalue weighted by Crippen LogP contribution is 2.16. The van der Waals surface area contributed by atoms with Crippen molar-refractivity contribution < 1.29 is 9.53 Å². The maximum Gasteiger partial charge on any atom is 0.251 e. The smallest absolute Gasteiger partial charge is 0.251 e. The Morgan fingerprint density at radius 3 is 2.19 bits per heavy atom. The molecule has 1 fully saturated rings. The zero-order valence-corrected chi connectivity index (χ0v) is 11.0. The molecule has 0 aromatic heterocycles. The summed E-state index contributed by atoms with van der Waals surface area (Å²) in [5.74, 6) is 1.23. The van der Waals surface area contributed by atoms with Crippen LogP contribution in [0.3, 0.4) is 0 Å². The zero-order valence-electron chi connectivity index (χ0n) is 11.0. The zero-order chi connectivity index (χ0) is 12.1. The Hall–Kier alpha value is -0.570. The normalized spacial score (nSPS) is 20.8. The van der Waals surface area contributed by atoms with Crippen molar-refractivity contribution in [2.45, 2.75) is 46.6 Å². The monoisotopic (exact) mass is 227 g/mol. The second-order valence-corrected chi connectivity index (χ2v) is 5.53. The first-order valence-electron chi connectivity index (χ1n) is 6.41. The van der Waals surface area contributed by atoms with E-state index in [0.717, 1.165) is 32.5 Å². The van der Waals surface area contributed by atoms with Gasteiger partial charge in [-0.25, -0.2) is 0 Å². The highest BCUT2D eigenvalue weighted by Gasteiger charge is 2.28. The van der Waals surface area contributed by atoms with E-state index >= 15 is 0 Å². The summed E-state index contributed by atoms with van der Waals surface area (Å²) < 4.78 is 5.47. The lowest BCUT2D eigenvalue weighted by Gasteiger charge is -2.28. The van der Waals surface area contributed by atoms with E-state index in [1.165, 1.54) is 0 Å². The highest BCUT2D eigenvalue weighted by molar-refractivity contribution is 5.81. The lowest BCUT2D eigenvalue weighted by atomic mass is 10.1. The minimum atomic E-state index is -0.169. The first kappa shape index (κ1) is 13.5. The Labute approximate surface area is 99.1 Å². The molecule has 1 aliphatic rings. The van der Waals surface area contributed by atoms with Gasteiger partial charge in [-0.3, -0.25) is 4.79 Å². The molecule has 0 aromatic carbocycles. The number of ether oxygens (including phenoxy) is 1. The third kappa shape index (κ3) is 4.12. The predicted molar refractivity (Wildman–Crippen MR) is 65.2 cm³/mol. The fourth-order valence-corrected chi connectivity index (χ4v) is 2.11. The van der Waals surface area contributed by atoms with Gasteiger partial charge >= 0.3 is 0 Å². The lowest BCUT2D eigenvalue weighted by Crippen LogP contribution is -2.42. The molecule has 3 heteroatoms. The molecular formula is C13H25NO2. The van der Waals surface area contributed by atoms with Crippen molar-refractivity contribution in [3.8, 4) is 0 Å². The molecule has 1 aliphatic heterocycles. The number of hydrogen-bond acceptors (Lipinski definition) is 2. The Balaban J connectivity index is 2.55. The van der Waals surface area contributed by atoms with Crippen LogP contribution in [0, 0.1) is 11.8 Å². The van der Waals surface area contributed by atoms with Crippen LogP contribution in [0.1, 0.15) is 40.5 Å². The van der Waals surface area contributed by atoms with Gasteiger partial charge in [-0.1, -0.05) is 27.7 Å². The minimum Gasteiger partial charge on any atom is -0.368 e. The van der Waals surface area contributed by atoms with Crippen molar-refractivity contribution in [2.24, 2.45) is 11.8 Å². The van der Waals surface area contributed by atoms with E-state index in [0.29, 0.717) is 11.8 Å². The molecule has 0 aromatic rings. The third-order valence-electron chi connectivity index (χ3n) is 2.69. The van der Waals surface area contributed by atoms with Gasteiger partial charge in [0.15, 0.2) is 0 Å². The Bertz CT molecular complexity index is 210. The number of hydrogen-bond donors (Lipinski definition) is 0. The summed E-state index contributed by atoms with van der Waals surface area (Å²) in [6.07, 6.45) is 1.75. The van der Waals surface area contributed by atoms with Gasteiger partial charge in [0.1, 0.15) is 6.10 Å². The summed E-state index contributed by atoms with van der Waals surface area (Å²) in [7, 11) is 0. The minimum absolute atomic E-state index is 0.169. The lowest BCUT2D eigenvalue weighted by molar-refractivity contribution is -0.142. The molecule has 0 aliphatic carbocycles. The molecular weight excluding hydrogens is 202 g/mol. The maximum atomic E-state index is 12.2. The number of carbonyl (C=O) groups is 1. The maximum absolute atomic E-state index is 12.2. The molecule has 1 rings (SSSR count). The SMILES string of the molecule is CC(C)CN(CC(C)C)C(=O)[C@H]1CCCO1. The summed E-state index contributed by atoms with van der Waals surface area (Å²) in [6, 6.07) is 0. The molecule has 1 saturated heterocycles. The Morgan fingerprint density at radius 1 is 1.25 bits per heavy atom. The molecule has 0 N–H and O–H groups in total. The van der Waals surface area contributed by atoms with Crippen LogP contribution in [-0.2, 0) is 9.53 Å². The van der Waals surface area contributed by atoms with Crippen LogP contribution in [0.25, 0.3) is 0 Å². The molecule has 94 valence electrons. The number of carbonyl (C=O) groups excluding carboxylic acids is 1. The van der Waals surface area contributed by atoms with E-state index in [1.54, 1.807) is 0 Å². The molecule has 0 bridgehead atoms. The van der Waals surface area contributed by atoms with Gasteiger partial charge in [-0.05, 0) is 24.7 Å². The quantitative estimate of drug-likeness (QED) is 0.721. The number of amides is 1. The molecule has 16 heavy (non-hydrogen) atoms. The molecule has 0 spiro atoms. The summed E-state index contributed by atoms with van der Waals surface area (Å²) in [6.45, 7) is 11.0. The van der Waals surface area contributed by atoms with Gasteiger partial charge in [0.05, 0.1) is 0 Å². The van der Waals surface area contributed by atoms with Gasteiger partial charge in [-0.2, -0.15) is 0 Å². The van der Waals surface area contributed by atoms with Gasteiger partial charge in [0.25, 0.3) is 5.91 Å².